The molecule has 0 aliphatic carbocycles. The summed E-state index contributed by atoms with van der Waals surface area (Å²) in [7, 11) is 0. The third kappa shape index (κ3) is 5.84. The van der Waals surface area contributed by atoms with Gasteiger partial charge in [0.15, 0.2) is 5.96 Å². The van der Waals surface area contributed by atoms with Crippen molar-refractivity contribution in [2.75, 3.05) is 32.8 Å². The molecule has 6 nitrogen and oxygen atoms in total. The van der Waals surface area contributed by atoms with E-state index in [1.54, 1.807) is 0 Å². The van der Waals surface area contributed by atoms with Crippen molar-refractivity contribution in [3.63, 3.8) is 0 Å². The molecule has 3 atom stereocenters. The maximum absolute atomic E-state index is 5.98. The van der Waals surface area contributed by atoms with E-state index in [-0.39, 0.29) is 30.0 Å². The number of nitrogens with zero attached hydrogens (tertiary/aromatic N) is 2. The van der Waals surface area contributed by atoms with Crippen molar-refractivity contribution >= 4 is 40.9 Å². The highest BCUT2D eigenvalue weighted by Gasteiger charge is 2.23. The summed E-state index contributed by atoms with van der Waals surface area (Å²) >= 11 is 0. The first-order valence-corrected chi connectivity index (χ1v) is 9.95. The van der Waals surface area contributed by atoms with Gasteiger partial charge in [-0.3, -0.25) is 9.89 Å². The molecule has 156 valence electrons. The van der Waals surface area contributed by atoms with Crippen LogP contribution in [-0.4, -0.2) is 55.8 Å². The first-order valence-electron chi connectivity index (χ1n) is 9.95. The molecule has 0 spiro atoms. The highest BCUT2D eigenvalue weighted by atomic mass is 127. The molecule has 2 N–H and O–H groups in total. The molecule has 3 unspecified atom stereocenters. The van der Waals surface area contributed by atoms with Crippen LogP contribution in [0.25, 0.3) is 11.0 Å². The van der Waals surface area contributed by atoms with E-state index < -0.39 is 0 Å². The largest absolute Gasteiger partial charge is 0.459 e. The number of hydrogen-bond donors (Lipinski definition) is 2. The van der Waals surface area contributed by atoms with E-state index in [0.717, 1.165) is 55.5 Å². The molecule has 2 aromatic rings. The molecular formula is C21H33IN4O2. The Morgan fingerprint density at radius 3 is 2.82 bits per heavy atom. The van der Waals surface area contributed by atoms with Gasteiger partial charge in [0.25, 0.3) is 0 Å². The Labute approximate surface area is 185 Å². The van der Waals surface area contributed by atoms with Crippen LogP contribution in [0.1, 0.15) is 39.5 Å². The Kier molecular flexibility index (Phi) is 9.04. The van der Waals surface area contributed by atoms with Gasteiger partial charge in [-0.15, -0.1) is 24.0 Å². The molecule has 1 saturated heterocycles. The first kappa shape index (κ1) is 23.0. The standard InChI is InChI=1S/C21H32N4O2.HI/c1-5-22-21(23-13-15(2)25-10-11-26-14-16(25)3)24-17(4)20-12-18-8-6-7-9-19(18)27-20;/h6-9,12,15-17H,5,10-11,13-14H2,1-4H3,(H2,22,23,24);1H. The number of morpholine rings is 1. The quantitative estimate of drug-likeness (QED) is 0.359. The number of guanidine groups is 1. The smallest absolute Gasteiger partial charge is 0.191 e. The molecule has 0 bridgehead atoms. The number of ether oxygens (including phenoxy) is 1. The Morgan fingerprint density at radius 1 is 1.32 bits per heavy atom. The maximum atomic E-state index is 5.98. The van der Waals surface area contributed by atoms with Gasteiger partial charge in [-0.25, -0.2) is 0 Å². The van der Waals surface area contributed by atoms with Crippen molar-refractivity contribution in [1.29, 1.82) is 0 Å². The van der Waals surface area contributed by atoms with Gasteiger partial charge in [-0.05, 0) is 39.8 Å². The van der Waals surface area contributed by atoms with Gasteiger partial charge in [-0.1, -0.05) is 18.2 Å². The minimum Gasteiger partial charge on any atom is -0.459 e. The predicted molar refractivity (Wildman–Crippen MR) is 126 cm³/mol. The van der Waals surface area contributed by atoms with Crippen molar-refractivity contribution in [3.05, 3.63) is 36.1 Å². The van der Waals surface area contributed by atoms with Crippen molar-refractivity contribution in [2.45, 2.75) is 45.8 Å². The molecule has 1 aromatic heterocycles. The van der Waals surface area contributed by atoms with Crippen LogP contribution < -0.4 is 10.6 Å². The number of benzene rings is 1. The Bertz CT molecular complexity index is 731. The van der Waals surface area contributed by atoms with Gasteiger partial charge in [0.1, 0.15) is 11.3 Å². The summed E-state index contributed by atoms with van der Waals surface area (Å²) in [5, 5.41) is 7.93. The van der Waals surface area contributed by atoms with Gasteiger partial charge in [0.2, 0.25) is 0 Å². The average molecular weight is 500 g/mol. The maximum Gasteiger partial charge on any atom is 0.191 e. The number of rotatable bonds is 6. The Hall–Kier alpha value is -1.32. The number of para-hydroxylation sites is 1. The molecule has 28 heavy (non-hydrogen) atoms. The zero-order valence-electron chi connectivity index (χ0n) is 17.3. The lowest BCUT2D eigenvalue weighted by molar-refractivity contribution is -0.0165. The van der Waals surface area contributed by atoms with Crippen LogP contribution in [0.3, 0.4) is 0 Å². The molecule has 7 heteroatoms. The minimum absolute atomic E-state index is 0. The van der Waals surface area contributed by atoms with Crippen molar-refractivity contribution in [2.24, 2.45) is 4.99 Å². The van der Waals surface area contributed by atoms with Gasteiger partial charge in [0.05, 0.1) is 25.8 Å². The normalized spacial score (nSPS) is 20.4. The molecule has 3 rings (SSSR count). The topological polar surface area (TPSA) is 62.0 Å². The second-order valence-corrected chi connectivity index (χ2v) is 7.28. The summed E-state index contributed by atoms with van der Waals surface area (Å²) in [6.45, 7) is 12.8. The number of furan rings is 1. The average Bonchev–Trinajstić information content (AvgIpc) is 3.11. The van der Waals surface area contributed by atoms with E-state index in [4.69, 9.17) is 14.1 Å². The molecule has 1 aromatic carbocycles. The Morgan fingerprint density at radius 2 is 2.11 bits per heavy atom. The van der Waals surface area contributed by atoms with E-state index in [9.17, 15) is 0 Å². The SMILES string of the molecule is CCNC(=NCC(C)N1CCOCC1C)NC(C)c1cc2ccccc2o1.I. The molecule has 2 heterocycles. The fourth-order valence-electron chi connectivity index (χ4n) is 3.54. The number of hydrogen-bond acceptors (Lipinski definition) is 4. The van der Waals surface area contributed by atoms with E-state index in [0.29, 0.717) is 12.1 Å². The molecule has 1 aliphatic rings. The second-order valence-electron chi connectivity index (χ2n) is 7.28. The number of halogens is 1. The predicted octanol–water partition coefficient (Wildman–Crippen LogP) is 3.78. The van der Waals surface area contributed by atoms with Crippen molar-refractivity contribution in [3.8, 4) is 0 Å². The molecular weight excluding hydrogens is 467 g/mol. The van der Waals surface area contributed by atoms with Gasteiger partial charge < -0.3 is 19.8 Å². The van der Waals surface area contributed by atoms with Crippen LogP contribution in [0.4, 0.5) is 0 Å². The Balaban J connectivity index is 0.00000280. The lowest BCUT2D eigenvalue weighted by Crippen LogP contribution is -2.49. The van der Waals surface area contributed by atoms with E-state index >= 15 is 0 Å². The van der Waals surface area contributed by atoms with E-state index in [1.807, 2.05) is 18.2 Å². The third-order valence-corrected chi connectivity index (χ3v) is 5.07. The van der Waals surface area contributed by atoms with Crippen LogP contribution >= 0.6 is 24.0 Å². The van der Waals surface area contributed by atoms with E-state index in [1.165, 1.54) is 0 Å². The van der Waals surface area contributed by atoms with Gasteiger partial charge >= 0.3 is 0 Å². The summed E-state index contributed by atoms with van der Waals surface area (Å²) in [4.78, 5) is 7.28. The fraction of sp³-hybridized carbons (Fsp3) is 0.571. The van der Waals surface area contributed by atoms with Crippen molar-refractivity contribution in [1.82, 2.24) is 15.5 Å². The monoisotopic (exact) mass is 500 g/mol. The summed E-state index contributed by atoms with van der Waals surface area (Å²) in [5.41, 5.74) is 0.915. The van der Waals surface area contributed by atoms with Crippen LogP contribution in [-0.2, 0) is 4.74 Å². The zero-order valence-corrected chi connectivity index (χ0v) is 19.6. The molecule has 1 fully saturated rings. The van der Waals surface area contributed by atoms with E-state index in [2.05, 4.69) is 55.4 Å². The third-order valence-electron chi connectivity index (χ3n) is 5.07. The fourth-order valence-corrected chi connectivity index (χ4v) is 3.54. The number of nitrogens with one attached hydrogen (secondary N) is 2. The lowest BCUT2D eigenvalue weighted by atomic mass is 10.2. The first-order chi connectivity index (χ1) is 13.1. The number of aliphatic imine (C=N–C) groups is 1. The molecule has 0 radical (unpaired) electrons. The summed E-state index contributed by atoms with van der Waals surface area (Å²) in [6.07, 6.45) is 0. The summed E-state index contributed by atoms with van der Waals surface area (Å²) in [5.74, 6) is 1.73. The summed E-state index contributed by atoms with van der Waals surface area (Å²) < 4.78 is 11.5. The molecule has 1 aliphatic heterocycles. The minimum atomic E-state index is 0. The van der Waals surface area contributed by atoms with Crippen LogP contribution in [0.5, 0.6) is 0 Å². The van der Waals surface area contributed by atoms with Crippen LogP contribution in [0.2, 0.25) is 0 Å². The highest BCUT2D eigenvalue weighted by molar-refractivity contribution is 14.0. The van der Waals surface area contributed by atoms with Crippen LogP contribution in [0.15, 0.2) is 39.7 Å². The molecule has 0 saturated carbocycles. The highest BCUT2D eigenvalue weighted by Crippen LogP contribution is 2.23. The second kappa shape index (κ2) is 11.0. The van der Waals surface area contributed by atoms with Gasteiger partial charge in [-0.2, -0.15) is 0 Å². The van der Waals surface area contributed by atoms with Crippen LogP contribution in [0, 0.1) is 0 Å². The van der Waals surface area contributed by atoms with Gasteiger partial charge in [0, 0.05) is 30.6 Å². The summed E-state index contributed by atoms with van der Waals surface area (Å²) in [6, 6.07) is 11.0. The zero-order chi connectivity index (χ0) is 19.2. The molecule has 0 amide bonds. The lowest BCUT2D eigenvalue weighted by Gasteiger charge is -2.37. The van der Waals surface area contributed by atoms with Crippen molar-refractivity contribution < 1.29 is 9.15 Å². The number of fused-ring (bicyclic) bond motifs is 1.